The molecule has 1 fully saturated rings. The van der Waals surface area contributed by atoms with E-state index in [2.05, 4.69) is 21.2 Å². The molecule has 5 nitrogen and oxygen atoms in total. The van der Waals surface area contributed by atoms with Crippen molar-refractivity contribution in [1.82, 2.24) is 5.32 Å². The van der Waals surface area contributed by atoms with Gasteiger partial charge in [-0.3, -0.25) is 4.79 Å². The molecule has 0 unspecified atom stereocenters. The Balaban J connectivity index is 1.80. The minimum Gasteiger partial charge on any atom is -0.490 e. The fraction of sp³-hybridized carbons (Fsp3) is 0.360. The predicted molar refractivity (Wildman–Crippen MR) is 125 cm³/mol. The first-order valence-electron chi connectivity index (χ1n) is 10.6. The molecular formula is C25H27BrN2O3. The lowest BCUT2D eigenvalue weighted by atomic mass is 10.1. The summed E-state index contributed by atoms with van der Waals surface area (Å²) in [5, 5.41) is 12.5. The largest absolute Gasteiger partial charge is 0.490 e. The Kier molecular flexibility index (Phi) is 8.13. The summed E-state index contributed by atoms with van der Waals surface area (Å²) in [7, 11) is 0. The molecule has 162 valence electrons. The number of hydrogen-bond acceptors (Lipinski definition) is 4. The van der Waals surface area contributed by atoms with Crippen molar-refractivity contribution in [3.8, 4) is 17.6 Å². The van der Waals surface area contributed by atoms with Gasteiger partial charge in [-0.1, -0.05) is 42.7 Å². The summed E-state index contributed by atoms with van der Waals surface area (Å²) < 4.78 is 12.5. The van der Waals surface area contributed by atoms with Gasteiger partial charge in [-0.15, -0.1) is 0 Å². The lowest BCUT2D eigenvalue weighted by molar-refractivity contribution is -0.117. The van der Waals surface area contributed by atoms with E-state index >= 15 is 0 Å². The average molecular weight is 483 g/mol. The van der Waals surface area contributed by atoms with Crippen molar-refractivity contribution >= 4 is 27.9 Å². The zero-order chi connectivity index (χ0) is 22.2. The Bertz CT molecular complexity index is 987. The van der Waals surface area contributed by atoms with E-state index in [1.165, 1.54) is 5.56 Å². The average Bonchev–Trinajstić information content (AvgIpc) is 3.26. The number of carbonyl (C=O) groups is 1. The third kappa shape index (κ3) is 6.35. The van der Waals surface area contributed by atoms with Crippen LogP contribution in [0.2, 0.25) is 0 Å². The molecule has 0 bridgehead atoms. The zero-order valence-corrected chi connectivity index (χ0v) is 19.5. The van der Waals surface area contributed by atoms with E-state index < -0.39 is 0 Å². The second-order valence-electron chi connectivity index (χ2n) is 7.66. The zero-order valence-electron chi connectivity index (χ0n) is 17.9. The van der Waals surface area contributed by atoms with Crippen molar-refractivity contribution in [3.05, 3.63) is 63.1 Å². The highest BCUT2D eigenvalue weighted by molar-refractivity contribution is 9.10. The molecule has 3 rings (SSSR count). The number of benzene rings is 2. The number of halogens is 1. The van der Waals surface area contributed by atoms with Gasteiger partial charge in [0.2, 0.25) is 0 Å². The molecule has 0 radical (unpaired) electrons. The van der Waals surface area contributed by atoms with Gasteiger partial charge in [-0.25, -0.2) is 0 Å². The van der Waals surface area contributed by atoms with Gasteiger partial charge in [0.15, 0.2) is 11.5 Å². The molecule has 1 aliphatic rings. The van der Waals surface area contributed by atoms with Crippen LogP contribution in [0.5, 0.6) is 11.5 Å². The summed E-state index contributed by atoms with van der Waals surface area (Å²) in [6.07, 6.45) is 5.76. The first-order valence-corrected chi connectivity index (χ1v) is 11.4. The molecule has 2 aromatic carbocycles. The Labute approximate surface area is 192 Å². The van der Waals surface area contributed by atoms with Crippen LogP contribution >= 0.6 is 15.9 Å². The van der Waals surface area contributed by atoms with Gasteiger partial charge in [0, 0.05) is 6.04 Å². The predicted octanol–water partition coefficient (Wildman–Crippen LogP) is 5.70. The third-order valence-electron chi connectivity index (χ3n) is 5.20. The van der Waals surface area contributed by atoms with Crippen molar-refractivity contribution in [2.75, 3.05) is 6.61 Å². The van der Waals surface area contributed by atoms with Crippen LogP contribution in [0.3, 0.4) is 0 Å². The standard InChI is InChI=1S/C25H27BrN2O3/c1-3-30-23-14-19(12-20(15-27)25(29)28-21-6-4-5-7-21)13-22(26)24(23)31-16-18-10-8-17(2)9-11-18/h8-14,21H,3-7,16H2,1-2H3,(H,28,29)/b20-12-. The summed E-state index contributed by atoms with van der Waals surface area (Å²) in [5.74, 6) is 0.820. The molecular weight excluding hydrogens is 456 g/mol. The smallest absolute Gasteiger partial charge is 0.262 e. The monoisotopic (exact) mass is 482 g/mol. The van der Waals surface area contributed by atoms with E-state index in [1.54, 1.807) is 12.1 Å². The number of aryl methyl sites for hydroxylation is 1. The first-order chi connectivity index (χ1) is 15.0. The molecule has 0 aromatic heterocycles. The van der Waals surface area contributed by atoms with Crippen LogP contribution in [-0.4, -0.2) is 18.6 Å². The van der Waals surface area contributed by atoms with Crippen molar-refractivity contribution in [1.29, 1.82) is 5.26 Å². The second-order valence-corrected chi connectivity index (χ2v) is 8.52. The highest BCUT2D eigenvalue weighted by Crippen LogP contribution is 2.38. The van der Waals surface area contributed by atoms with Crippen LogP contribution in [0.1, 0.15) is 49.3 Å². The molecule has 0 heterocycles. The molecule has 31 heavy (non-hydrogen) atoms. The molecule has 1 amide bonds. The van der Waals surface area contributed by atoms with Gasteiger partial charge in [0.1, 0.15) is 18.2 Å². The Hall–Kier alpha value is -2.78. The number of amides is 1. The van der Waals surface area contributed by atoms with Crippen LogP contribution in [-0.2, 0) is 11.4 Å². The Morgan fingerprint density at radius 2 is 1.94 bits per heavy atom. The number of ether oxygens (including phenoxy) is 2. The van der Waals surface area contributed by atoms with Crippen molar-refractivity contribution in [3.63, 3.8) is 0 Å². The second kappa shape index (κ2) is 11.0. The number of hydrogen-bond donors (Lipinski definition) is 1. The lowest BCUT2D eigenvalue weighted by Gasteiger charge is -2.15. The maximum Gasteiger partial charge on any atom is 0.262 e. The summed E-state index contributed by atoms with van der Waals surface area (Å²) in [4.78, 5) is 12.5. The van der Waals surface area contributed by atoms with Crippen molar-refractivity contribution in [2.45, 2.75) is 52.2 Å². The van der Waals surface area contributed by atoms with Gasteiger partial charge in [0.05, 0.1) is 11.1 Å². The van der Waals surface area contributed by atoms with Crippen molar-refractivity contribution in [2.24, 2.45) is 0 Å². The van der Waals surface area contributed by atoms with Gasteiger partial charge in [-0.2, -0.15) is 5.26 Å². The fourth-order valence-electron chi connectivity index (χ4n) is 3.56. The maximum atomic E-state index is 12.5. The van der Waals surface area contributed by atoms with Gasteiger partial charge in [0.25, 0.3) is 5.91 Å². The molecule has 0 atom stereocenters. The minimum absolute atomic E-state index is 0.0783. The number of carbonyl (C=O) groups excluding carboxylic acids is 1. The summed E-state index contributed by atoms with van der Waals surface area (Å²) in [5.41, 5.74) is 3.02. The fourth-order valence-corrected chi connectivity index (χ4v) is 4.14. The minimum atomic E-state index is -0.330. The Morgan fingerprint density at radius 1 is 1.23 bits per heavy atom. The summed E-state index contributed by atoms with van der Waals surface area (Å²) >= 11 is 3.56. The van der Waals surface area contributed by atoms with Crippen LogP contribution in [0.4, 0.5) is 0 Å². The number of nitrogens with one attached hydrogen (secondary N) is 1. The molecule has 2 aromatic rings. The molecule has 0 aliphatic heterocycles. The number of rotatable bonds is 8. The van der Waals surface area contributed by atoms with Crippen LogP contribution in [0, 0.1) is 18.3 Å². The van der Waals surface area contributed by atoms with Crippen LogP contribution < -0.4 is 14.8 Å². The first kappa shape index (κ1) is 22.9. The molecule has 6 heteroatoms. The van der Waals surface area contributed by atoms with Gasteiger partial charge < -0.3 is 14.8 Å². The quantitative estimate of drug-likeness (QED) is 0.386. The molecule has 1 aliphatic carbocycles. The Morgan fingerprint density at radius 3 is 2.58 bits per heavy atom. The van der Waals surface area contributed by atoms with Gasteiger partial charge in [-0.05, 0) is 72.0 Å². The van der Waals surface area contributed by atoms with E-state index in [1.807, 2.05) is 50.2 Å². The van der Waals surface area contributed by atoms with E-state index in [0.717, 1.165) is 31.2 Å². The van der Waals surface area contributed by atoms with E-state index in [9.17, 15) is 10.1 Å². The van der Waals surface area contributed by atoms with E-state index in [4.69, 9.17) is 9.47 Å². The third-order valence-corrected chi connectivity index (χ3v) is 5.79. The van der Waals surface area contributed by atoms with Crippen LogP contribution in [0.25, 0.3) is 6.08 Å². The topological polar surface area (TPSA) is 71.3 Å². The number of nitriles is 1. The van der Waals surface area contributed by atoms with Gasteiger partial charge >= 0.3 is 0 Å². The van der Waals surface area contributed by atoms with Crippen molar-refractivity contribution < 1.29 is 14.3 Å². The molecule has 1 saturated carbocycles. The highest BCUT2D eigenvalue weighted by atomic mass is 79.9. The normalized spacial score (nSPS) is 14.2. The number of nitrogens with zero attached hydrogens (tertiary/aromatic N) is 1. The molecule has 1 N–H and O–H groups in total. The summed E-state index contributed by atoms with van der Waals surface area (Å²) in [6, 6.07) is 14.0. The lowest BCUT2D eigenvalue weighted by Crippen LogP contribution is -2.33. The maximum absolute atomic E-state index is 12.5. The summed E-state index contributed by atoms with van der Waals surface area (Å²) in [6.45, 7) is 4.81. The molecule has 0 saturated heterocycles. The van der Waals surface area contributed by atoms with Crippen LogP contribution in [0.15, 0.2) is 46.4 Å². The van der Waals surface area contributed by atoms with E-state index in [0.29, 0.717) is 34.7 Å². The van der Waals surface area contributed by atoms with E-state index in [-0.39, 0.29) is 17.5 Å². The highest BCUT2D eigenvalue weighted by Gasteiger charge is 2.20. The molecule has 0 spiro atoms. The SMILES string of the molecule is CCOc1cc(/C=C(/C#N)C(=O)NC2CCCC2)cc(Br)c1OCc1ccc(C)cc1.